The Labute approximate surface area is 150 Å². The molecule has 1 aliphatic heterocycles. The summed E-state index contributed by atoms with van der Waals surface area (Å²) in [4.78, 5) is 4.47. The molecule has 0 saturated carbocycles. The summed E-state index contributed by atoms with van der Waals surface area (Å²) in [5.41, 5.74) is 2.60. The molecule has 1 aromatic carbocycles. The predicted molar refractivity (Wildman–Crippen MR) is 93.2 cm³/mol. The molecular weight excluding hydrogens is 340 g/mol. The second-order valence-corrected chi connectivity index (χ2v) is 7.66. The van der Waals surface area contributed by atoms with E-state index in [-0.39, 0.29) is 11.5 Å². The number of nitrogens with zero attached hydrogens (tertiary/aromatic N) is 4. The predicted octanol–water partition coefficient (Wildman–Crippen LogP) is 4.16. The third kappa shape index (κ3) is 3.19. The van der Waals surface area contributed by atoms with Crippen LogP contribution in [0.1, 0.15) is 44.0 Å². The Kier molecular flexibility index (Phi) is 3.89. The van der Waals surface area contributed by atoms with E-state index in [1.54, 1.807) is 0 Å². The Balaban J connectivity index is 1.58. The molecule has 130 valence electrons. The van der Waals surface area contributed by atoms with Crippen molar-refractivity contribution in [1.29, 1.82) is 0 Å². The monoisotopic (exact) mass is 358 g/mol. The number of hydrogen-bond donors (Lipinski definition) is 0. The molecule has 3 heterocycles. The molecule has 4 rings (SSSR count). The average molecular weight is 359 g/mol. The zero-order valence-corrected chi connectivity index (χ0v) is 15.1. The third-order valence-electron chi connectivity index (χ3n) is 4.19. The van der Waals surface area contributed by atoms with Crippen molar-refractivity contribution in [2.75, 3.05) is 0 Å². The van der Waals surface area contributed by atoms with E-state index >= 15 is 0 Å². The van der Waals surface area contributed by atoms with Gasteiger partial charge in [-0.25, -0.2) is 0 Å². The van der Waals surface area contributed by atoms with Gasteiger partial charge in [-0.2, -0.15) is 10.1 Å². The highest BCUT2D eigenvalue weighted by Gasteiger charge is 2.26. The fourth-order valence-corrected chi connectivity index (χ4v) is 2.87. The smallest absolute Gasteiger partial charge is 0.278 e. The van der Waals surface area contributed by atoms with Gasteiger partial charge in [-0.15, -0.1) is 0 Å². The van der Waals surface area contributed by atoms with Gasteiger partial charge in [-0.1, -0.05) is 49.7 Å². The van der Waals surface area contributed by atoms with Crippen molar-refractivity contribution in [1.82, 2.24) is 19.9 Å². The summed E-state index contributed by atoms with van der Waals surface area (Å²) in [6.07, 6.45) is -0.0506. The van der Waals surface area contributed by atoms with Gasteiger partial charge in [-0.3, -0.25) is 4.68 Å². The first-order valence-corrected chi connectivity index (χ1v) is 8.56. The minimum atomic E-state index is -0.163. The summed E-state index contributed by atoms with van der Waals surface area (Å²) < 4.78 is 13.3. The number of aromatic nitrogens is 4. The van der Waals surface area contributed by atoms with Gasteiger partial charge in [0, 0.05) is 10.4 Å². The van der Waals surface area contributed by atoms with Crippen LogP contribution in [0.5, 0.6) is 0 Å². The molecule has 7 heteroatoms. The summed E-state index contributed by atoms with van der Waals surface area (Å²) in [5, 5.41) is 9.40. The van der Waals surface area contributed by atoms with Gasteiger partial charge in [0.15, 0.2) is 11.5 Å². The molecule has 0 aliphatic carbocycles. The van der Waals surface area contributed by atoms with Crippen LogP contribution in [0.25, 0.3) is 11.6 Å². The molecule has 0 spiro atoms. The number of rotatable bonds is 2. The Morgan fingerprint density at radius 2 is 1.96 bits per heavy atom. The van der Waals surface area contributed by atoms with E-state index in [0.717, 1.165) is 11.3 Å². The standard InChI is InChI=1S/C18H19ClN4O2/c1-18(2,3)17-20-16(25-22-17)14-8-13-10-24-15(9-23(13)21-14)11-4-6-12(19)7-5-11/h4-8,15H,9-10H2,1-3H3/t15-/m1/s1. The average Bonchev–Trinajstić information content (AvgIpc) is 3.21. The lowest BCUT2D eigenvalue weighted by Gasteiger charge is -2.24. The fraction of sp³-hybridized carbons (Fsp3) is 0.389. The van der Waals surface area contributed by atoms with Crippen LogP contribution in [0.15, 0.2) is 34.9 Å². The maximum atomic E-state index is 5.97. The number of halogens is 1. The molecule has 0 amide bonds. The minimum Gasteiger partial charge on any atom is -0.365 e. The lowest BCUT2D eigenvalue weighted by Crippen LogP contribution is -2.21. The Morgan fingerprint density at radius 1 is 1.20 bits per heavy atom. The zero-order valence-electron chi connectivity index (χ0n) is 14.4. The van der Waals surface area contributed by atoms with E-state index in [9.17, 15) is 0 Å². The summed E-state index contributed by atoms with van der Waals surface area (Å²) in [7, 11) is 0. The van der Waals surface area contributed by atoms with Crippen molar-refractivity contribution in [2.45, 2.75) is 45.4 Å². The summed E-state index contributed by atoms with van der Waals surface area (Å²) in [6.45, 7) is 7.26. The highest BCUT2D eigenvalue weighted by molar-refractivity contribution is 6.30. The SMILES string of the molecule is CC(C)(C)c1noc(-c2cc3n(n2)C[C@H](c2ccc(Cl)cc2)OC3)n1. The second kappa shape index (κ2) is 5.97. The van der Waals surface area contributed by atoms with Crippen LogP contribution in [-0.4, -0.2) is 19.9 Å². The van der Waals surface area contributed by atoms with Crippen LogP contribution in [0.3, 0.4) is 0 Å². The number of fused-ring (bicyclic) bond motifs is 1. The molecule has 1 aliphatic rings. The minimum absolute atomic E-state index is 0.0506. The highest BCUT2D eigenvalue weighted by Crippen LogP contribution is 2.30. The fourth-order valence-electron chi connectivity index (χ4n) is 2.74. The lowest BCUT2D eigenvalue weighted by atomic mass is 9.96. The lowest BCUT2D eigenvalue weighted by molar-refractivity contribution is -0.00112. The molecule has 0 saturated heterocycles. The molecule has 2 aromatic heterocycles. The van der Waals surface area contributed by atoms with Crippen molar-refractivity contribution in [2.24, 2.45) is 0 Å². The summed E-state index contributed by atoms with van der Waals surface area (Å²) >= 11 is 5.96. The molecule has 0 radical (unpaired) electrons. The van der Waals surface area contributed by atoms with E-state index in [4.69, 9.17) is 20.9 Å². The normalized spacial score (nSPS) is 17.5. The molecule has 6 nitrogen and oxygen atoms in total. The van der Waals surface area contributed by atoms with Crippen molar-refractivity contribution < 1.29 is 9.26 Å². The first-order valence-electron chi connectivity index (χ1n) is 8.18. The van der Waals surface area contributed by atoms with Crippen LogP contribution in [0.4, 0.5) is 0 Å². The Bertz CT molecular complexity index is 893. The van der Waals surface area contributed by atoms with Gasteiger partial charge < -0.3 is 9.26 Å². The van der Waals surface area contributed by atoms with Gasteiger partial charge in [-0.05, 0) is 23.8 Å². The molecule has 0 N–H and O–H groups in total. The number of benzene rings is 1. The largest absolute Gasteiger partial charge is 0.365 e. The van der Waals surface area contributed by atoms with Gasteiger partial charge in [0.05, 0.1) is 18.8 Å². The van der Waals surface area contributed by atoms with Crippen LogP contribution in [0, 0.1) is 0 Å². The van der Waals surface area contributed by atoms with E-state index in [2.05, 4.69) is 15.2 Å². The van der Waals surface area contributed by atoms with Crippen molar-refractivity contribution >= 4 is 11.6 Å². The maximum Gasteiger partial charge on any atom is 0.278 e. The third-order valence-corrected chi connectivity index (χ3v) is 4.44. The van der Waals surface area contributed by atoms with Gasteiger partial charge >= 0.3 is 0 Å². The molecule has 0 bridgehead atoms. The van der Waals surface area contributed by atoms with E-state index in [1.165, 1.54) is 0 Å². The highest BCUT2D eigenvalue weighted by atomic mass is 35.5. The van der Waals surface area contributed by atoms with E-state index in [1.807, 2.05) is 55.8 Å². The van der Waals surface area contributed by atoms with Crippen molar-refractivity contribution in [3.8, 4) is 11.6 Å². The van der Waals surface area contributed by atoms with Gasteiger partial charge in [0.1, 0.15) is 6.10 Å². The number of hydrogen-bond acceptors (Lipinski definition) is 5. The van der Waals surface area contributed by atoms with Crippen LogP contribution < -0.4 is 0 Å². The van der Waals surface area contributed by atoms with Gasteiger partial charge in [0.2, 0.25) is 0 Å². The summed E-state index contributed by atoms with van der Waals surface area (Å²) in [6, 6.07) is 9.65. The molecule has 0 unspecified atom stereocenters. The maximum absolute atomic E-state index is 5.97. The molecule has 0 fully saturated rings. The molecular formula is C18H19ClN4O2. The Hall–Kier alpha value is -2.18. The van der Waals surface area contributed by atoms with E-state index < -0.39 is 0 Å². The molecule has 25 heavy (non-hydrogen) atoms. The van der Waals surface area contributed by atoms with Crippen molar-refractivity contribution in [3.05, 3.63) is 52.4 Å². The van der Waals surface area contributed by atoms with Crippen molar-refractivity contribution in [3.63, 3.8) is 0 Å². The number of ether oxygens (including phenoxy) is 1. The topological polar surface area (TPSA) is 66.0 Å². The first-order chi connectivity index (χ1) is 11.9. The molecule has 1 atom stereocenters. The Morgan fingerprint density at radius 3 is 2.64 bits per heavy atom. The van der Waals surface area contributed by atoms with Crippen LogP contribution in [0.2, 0.25) is 5.02 Å². The summed E-state index contributed by atoms with van der Waals surface area (Å²) in [5.74, 6) is 1.11. The quantitative estimate of drug-likeness (QED) is 0.688. The first kappa shape index (κ1) is 16.3. The second-order valence-electron chi connectivity index (χ2n) is 7.23. The van der Waals surface area contributed by atoms with E-state index in [0.29, 0.717) is 35.6 Å². The molecule has 3 aromatic rings. The van der Waals surface area contributed by atoms with Gasteiger partial charge in [0.25, 0.3) is 5.89 Å². The van der Waals surface area contributed by atoms with Crippen LogP contribution >= 0.6 is 11.6 Å². The zero-order chi connectivity index (χ0) is 17.6. The van der Waals surface area contributed by atoms with Crippen LogP contribution in [-0.2, 0) is 23.3 Å².